The van der Waals surface area contributed by atoms with Crippen LogP contribution in [0.15, 0.2) is 54.6 Å². The highest BCUT2D eigenvalue weighted by Crippen LogP contribution is 2.29. The van der Waals surface area contributed by atoms with Crippen molar-refractivity contribution in [3.05, 3.63) is 65.7 Å². The molecule has 1 heterocycles. The van der Waals surface area contributed by atoms with E-state index >= 15 is 0 Å². The van der Waals surface area contributed by atoms with Gasteiger partial charge in [-0.2, -0.15) is 0 Å². The Morgan fingerprint density at radius 1 is 1.04 bits per heavy atom. The van der Waals surface area contributed by atoms with Crippen molar-refractivity contribution in [2.45, 2.75) is 26.5 Å². The molecule has 0 saturated carbocycles. The van der Waals surface area contributed by atoms with Crippen molar-refractivity contribution in [2.75, 3.05) is 19.6 Å². The molecule has 1 atom stereocenters. The van der Waals surface area contributed by atoms with Gasteiger partial charge in [0.2, 0.25) is 0 Å². The number of nitrogens with zero attached hydrogens (tertiary/aromatic N) is 1. The third-order valence-corrected chi connectivity index (χ3v) is 4.71. The maximum atomic E-state index is 5.88. The lowest BCUT2D eigenvalue weighted by Gasteiger charge is -2.22. The van der Waals surface area contributed by atoms with Crippen molar-refractivity contribution in [1.82, 2.24) is 4.90 Å². The van der Waals surface area contributed by atoms with Crippen LogP contribution in [0.1, 0.15) is 24.5 Å². The molecule has 1 aliphatic heterocycles. The average Bonchev–Trinajstić information content (AvgIpc) is 2.97. The van der Waals surface area contributed by atoms with Crippen LogP contribution in [-0.4, -0.2) is 24.5 Å². The first-order valence-corrected chi connectivity index (χ1v) is 8.35. The monoisotopic (exact) mass is 346 g/mol. The smallest absolute Gasteiger partial charge is 0.119 e. The molecule has 0 spiro atoms. The van der Waals surface area contributed by atoms with Gasteiger partial charge in [-0.1, -0.05) is 49.4 Å². The second kappa shape index (κ2) is 8.52. The Hall–Kier alpha value is -1.55. The van der Waals surface area contributed by atoms with Gasteiger partial charge in [-0.3, -0.25) is 4.90 Å². The fourth-order valence-electron chi connectivity index (χ4n) is 3.12. The molecule has 1 unspecified atom stereocenters. The molecule has 0 amide bonds. The summed E-state index contributed by atoms with van der Waals surface area (Å²) in [6.45, 7) is 6.90. The fraction of sp³-hybridized carbons (Fsp3) is 0.400. The van der Waals surface area contributed by atoms with E-state index in [1.807, 2.05) is 18.2 Å². The van der Waals surface area contributed by atoms with Crippen LogP contribution < -0.4 is 10.5 Å². The first-order valence-electron chi connectivity index (χ1n) is 8.35. The van der Waals surface area contributed by atoms with E-state index in [4.69, 9.17) is 10.5 Å². The molecule has 0 aromatic heterocycles. The van der Waals surface area contributed by atoms with E-state index in [9.17, 15) is 0 Å². The summed E-state index contributed by atoms with van der Waals surface area (Å²) >= 11 is 0. The molecule has 24 heavy (non-hydrogen) atoms. The van der Waals surface area contributed by atoms with E-state index < -0.39 is 0 Å². The summed E-state index contributed by atoms with van der Waals surface area (Å²) in [5, 5.41) is 0. The van der Waals surface area contributed by atoms with Crippen LogP contribution in [0.2, 0.25) is 0 Å². The normalized spacial score (nSPS) is 20.6. The summed E-state index contributed by atoms with van der Waals surface area (Å²) < 4.78 is 5.84. The maximum Gasteiger partial charge on any atom is 0.119 e. The largest absolute Gasteiger partial charge is 0.489 e. The average molecular weight is 347 g/mol. The summed E-state index contributed by atoms with van der Waals surface area (Å²) in [7, 11) is 0. The molecule has 0 bridgehead atoms. The number of hydrogen-bond acceptors (Lipinski definition) is 3. The van der Waals surface area contributed by atoms with Crippen LogP contribution in [-0.2, 0) is 13.2 Å². The second-order valence-corrected chi connectivity index (χ2v) is 6.89. The predicted molar refractivity (Wildman–Crippen MR) is 102 cm³/mol. The minimum absolute atomic E-state index is 0. The standard InChI is InChI=1S/C20H26N2O.ClH/c1-20(15-21)11-12-22(16-20)13-17-7-9-19(10-8-17)23-14-18-5-3-2-4-6-18;/h2-10H,11-16,21H2,1H3;1H. The molecule has 0 radical (unpaired) electrons. The highest BCUT2D eigenvalue weighted by molar-refractivity contribution is 5.85. The van der Waals surface area contributed by atoms with E-state index in [2.05, 4.69) is 48.2 Å². The second-order valence-electron chi connectivity index (χ2n) is 6.89. The van der Waals surface area contributed by atoms with Gasteiger partial charge in [0, 0.05) is 13.1 Å². The Labute approximate surface area is 151 Å². The number of halogens is 1. The number of nitrogens with two attached hydrogens (primary N) is 1. The molecular formula is C20H27ClN2O. The van der Waals surface area contributed by atoms with Gasteiger partial charge in [0.25, 0.3) is 0 Å². The fourth-order valence-corrected chi connectivity index (χ4v) is 3.12. The Balaban J connectivity index is 0.00000208. The van der Waals surface area contributed by atoms with Crippen LogP contribution in [0.25, 0.3) is 0 Å². The maximum absolute atomic E-state index is 5.88. The Morgan fingerprint density at radius 2 is 1.75 bits per heavy atom. The minimum Gasteiger partial charge on any atom is -0.489 e. The van der Waals surface area contributed by atoms with Gasteiger partial charge >= 0.3 is 0 Å². The first-order chi connectivity index (χ1) is 11.2. The van der Waals surface area contributed by atoms with E-state index in [1.165, 1.54) is 17.5 Å². The third-order valence-electron chi connectivity index (χ3n) is 4.71. The van der Waals surface area contributed by atoms with Gasteiger partial charge in [0.05, 0.1) is 0 Å². The molecule has 2 aromatic rings. The van der Waals surface area contributed by atoms with Gasteiger partial charge in [-0.15, -0.1) is 12.4 Å². The molecule has 3 nitrogen and oxygen atoms in total. The number of ether oxygens (including phenoxy) is 1. The zero-order valence-electron chi connectivity index (χ0n) is 14.3. The summed E-state index contributed by atoms with van der Waals surface area (Å²) in [6.07, 6.45) is 1.20. The SMILES string of the molecule is CC1(CN)CCN(Cc2ccc(OCc3ccccc3)cc2)C1.Cl. The van der Waals surface area contributed by atoms with Gasteiger partial charge in [0.1, 0.15) is 12.4 Å². The Morgan fingerprint density at radius 3 is 2.38 bits per heavy atom. The lowest BCUT2D eigenvalue weighted by molar-refractivity contribution is 0.274. The molecule has 3 rings (SSSR count). The van der Waals surface area contributed by atoms with Crippen molar-refractivity contribution in [3.63, 3.8) is 0 Å². The predicted octanol–water partition coefficient (Wildman–Crippen LogP) is 3.86. The Kier molecular flexibility index (Phi) is 6.67. The molecular weight excluding hydrogens is 320 g/mol. The third kappa shape index (κ3) is 4.97. The van der Waals surface area contributed by atoms with Gasteiger partial charge in [-0.25, -0.2) is 0 Å². The van der Waals surface area contributed by atoms with Crippen LogP contribution in [0, 0.1) is 5.41 Å². The lowest BCUT2D eigenvalue weighted by atomic mass is 9.90. The van der Waals surface area contributed by atoms with E-state index in [-0.39, 0.29) is 12.4 Å². The van der Waals surface area contributed by atoms with Crippen LogP contribution in [0.5, 0.6) is 5.75 Å². The molecule has 2 N–H and O–H groups in total. The Bertz CT molecular complexity index is 617. The van der Waals surface area contributed by atoms with Gasteiger partial charge < -0.3 is 10.5 Å². The van der Waals surface area contributed by atoms with Crippen LogP contribution in [0.3, 0.4) is 0 Å². The van der Waals surface area contributed by atoms with Crippen molar-refractivity contribution in [1.29, 1.82) is 0 Å². The molecule has 130 valence electrons. The summed E-state index contributed by atoms with van der Waals surface area (Å²) in [5.74, 6) is 0.922. The highest BCUT2D eigenvalue weighted by Gasteiger charge is 2.32. The minimum atomic E-state index is 0. The van der Waals surface area contributed by atoms with Gasteiger partial charge in [0.15, 0.2) is 0 Å². The zero-order valence-corrected chi connectivity index (χ0v) is 15.1. The number of likely N-dealkylation sites (tertiary alicyclic amines) is 1. The van der Waals surface area contributed by atoms with Crippen molar-refractivity contribution >= 4 is 12.4 Å². The lowest BCUT2D eigenvalue weighted by Crippen LogP contribution is -2.31. The van der Waals surface area contributed by atoms with Crippen molar-refractivity contribution in [3.8, 4) is 5.75 Å². The molecule has 0 aliphatic carbocycles. The number of benzene rings is 2. The summed E-state index contributed by atoms with van der Waals surface area (Å²) in [5.41, 5.74) is 8.69. The van der Waals surface area contributed by atoms with Crippen molar-refractivity contribution < 1.29 is 4.74 Å². The molecule has 4 heteroatoms. The quantitative estimate of drug-likeness (QED) is 0.863. The topological polar surface area (TPSA) is 38.5 Å². The molecule has 1 saturated heterocycles. The number of rotatable bonds is 6. The van der Waals surface area contributed by atoms with E-state index in [1.54, 1.807) is 0 Å². The van der Waals surface area contributed by atoms with Crippen LogP contribution >= 0.6 is 12.4 Å². The molecule has 1 fully saturated rings. The zero-order chi connectivity index (χ0) is 16.1. The number of hydrogen-bond donors (Lipinski definition) is 1. The van der Waals surface area contributed by atoms with E-state index in [0.29, 0.717) is 12.0 Å². The first kappa shape index (κ1) is 18.8. The van der Waals surface area contributed by atoms with Crippen molar-refractivity contribution in [2.24, 2.45) is 11.1 Å². The van der Waals surface area contributed by atoms with E-state index in [0.717, 1.165) is 31.9 Å². The highest BCUT2D eigenvalue weighted by atomic mass is 35.5. The summed E-state index contributed by atoms with van der Waals surface area (Å²) in [6, 6.07) is 18.7. The summed E-state index contributed by atoms with van der Waals surface area (Å²) in [4.78, 5) is 2.49. The molecule has 1 aliphatic rings. The van der Waals surface area contributed by atoms with Gasteiger partial charge in [-0.05, 0) is 48.2 Å². The van der Waals surface area contributed by atoms with Crippen LogP contribution in [0.4, 0.5) is 0 Å². The molecule has 2 aromatic carbocycles.